The van der Waals surface area contributed by atoms with Crippen molar-refractivity contribution in [3.8, 4) is 0 Å². The standard InChI is InChI=1S/C15H16N4O2/c1-10-14(16-13-7-2-3-8-19(10)13)15(21)18-17-11-5-4-6-12(20)9-11/h2-3,7-8H,4-6,9H2,1H3,(H,18,21). The van der Waals surface area contributed by atoms with Crippen LogP contribution in [0.15, 0.2) is 29.5 Å². The molecule has 0 bridgehead atoms. The van der Waals surface area contributed by atoms with Gasteiger partial charge in [0.15, 0.2) is 5.69 Å². The van der Waals surface area contributed by atoms with E-state index in [1.165, 1.54) is 0 Å². The molecule has 0 radical (unpaired) electrons. The van der Waals surface area contributed by atoms with E-state index in [0.29, 0.717) is 18.5 Å². The smallest absolute Gasteiger partial charge is 0.291 e. The van der Waals surface area contributed by atoms with E-state index in [1.807, 2.05) is 35.7 Å². The molecule has 0 saturated heterocycles. The molecule has 1 N–H and O–H groups in total. The van der Waals surface area contributed by atoms with Gasteiger partial charge in [0.05, 0.1) is 5.69 Å². The van der Waals surface area contributed by atoms with Crippen LogP contribution >= 0.6 is 0 Å². The van der Waals surface area contributed by atoms with Crippen molar-refractivity contribution in [1.82, 2.24) is 14.8 Å². The van der Waals surface area contributed by atoms with Crippen LogP contribution in [0.4, 0.5) is 0 Å². The maximum Gasteiger partial charge on any atom is 0.291 e. The lowest BCUT2D eigenvalue weighted by molar-refractivity contribution is -0.118. The minimum Gasteiger partial charge on any atom is -0.304 e. The molecule has 2 aromatic rings. The zero-order valence-corrected chi connectivity index (χ0v) is 11.8. The minimum absolute atomic E-state index is 0.179. The van der Waals surface area contributed by atoms with Crippen molar-refractivity contribution in [2.45, 2.75) is 32.6 Å². The first-order chi connectivity index (χ1) is 10.1. The SMILES string of the molecule is Cc1c(C(=O)NN=C2CCCC(=O)C2)nc2ccccn12. The van der Waals surface area contributed by atoms with E-state index in [0.717, 1.165) is 29.9 Å². The van der Waals surface area contributed by atoms with Crippen LogP contribution in [0.25, 0.3) is 5.65 Å². The highest BCUT2D eigenvalue weighted by Crippen LogP contribution is 2.13. The number of fused-ring (bicyclic) bond motifs is 1. The van der Waals surface area contributed by atoms with E-state index in [1.54, 1.807) is 0 Å². The van der Waals surface area contributed by atoms with Crippen molar-refractivity contribution in [2.75, 3.05) is 0 Å². The lowest BCUT2D eigenvalue weighted by Gasteiger charge is -2.11. The second-order valence-electron chi connectivity index (χ2n) is 5.16. The first-order valence-corrected chi connectivity index (χ1v) is 6.96. The van der Waals surface area contributed by atoms with Gasteiger partial charge >= 0.3 is 0 Å². The van der Waals surface area contributed by atoms with Crippen LogP contribution in [-0.2, 0) is 4.79 Å². The summed E-state index contributed by atoms with van der Waals surface area (Å²) in [5.41, 5.74) is 5.09. The van der Waals surface area contributed by atoms with Gasteiger partial charge in [0.2, 0.25) is 0 Å². The Morgan fingerprint density at radius 1 is 1.38 bits per heavy atom. The molecule has 0 unspecified atom stereocenters. The van der Waals surface area contributed by atoms with Gasteiger partial charge in [-0.15, -0.1) is 0 Å². The number of nitrogens with one attached hydrogen (secondary N) is 1. The fourth-order valence-electron chi connectivity index (χ4n) is 2.51. The third-order valence-corrected chi connectivity index (χ3v) is 3.62. The molecule has 0 aromatic carbocycles. The highest BCUT2D eigenvalue weighted by molar-refractivity contribution is 6.04. The summed E-state index contributed by atoms with van der Waals surface area (Å²) in [5.74, 6) is -0.167. The average molecular weight is 284 g/mol. The molecule has 1 amide bonds. The molecule has 6 nitrogen and oxygen atoms in total. The summed E-state index contributed by atoms with van der Waals surface area (Å²) < 4.78 is 1.85. The van der Waals surface area contributed by atoms with Crippen LogP contribution in [0.1, 0.15) is 41.9 Å². The third kappa shape index (κ3) is 2.69. The van der Waals surface area contributed by atoms with E-state index in [4.69, 9.17) is 0 Å². The summed E-state index contributed by atoms with van der Waals surface area (Å²) in [7, 11) is 0. The molecule has 0 aliphatic heterocycles. The zero-order chi connectivity index (χ0) is 14.8. The van der Waals surface area contributed by atoms with Gasteiger partial charge in [-0.3, -0.25) is 9.59 Å². The fraction of sp³-hybridized carbons (Fsp3) is 0.333. The number of hydrazone groups is 1. The van der Waals surface area contributed by atoms with Crippen molar-refractivity contribution >= 4 is 23.0 Å². The largest absolute Gasteiger partial charge is 0.304 e. The molecule has 0 atom stereocenters. The molecule has 21 heavy (non-hydrogen) atoms. The van der Waals surface area contributed by atoms with Crippen LogP contribution < -0.4 is 5.43 Å². The molecule has 1 aliphatic carbocycles. The molecule has 2 heterocycles. The Kier molecular flexibility index (Phi) is 3.51. The molecular formula is C15H16N4O2. The zero-order valence-electron chi connectivity index (χ0n) is 11.8. The normalized spacial score (nSPS) is 17.4. The monoisotopic (exact) mass is 284 g/mol. The Morgan fingerprint density at radius 2 is 2.24 bits per heavy atom. The highest BCUT2D eigenvalue weighted by atomic mass is 16.2. The Balaban J connectivity index is 1.79. The summed E-state index contributed by atoms with van der Waals surface area (Å²) in [6.45, 7) is 1.84. The molecular weight excluding hydrogens is 268 g/mol. The van der Waals surface area contributed by atoms with Crippen molar-refractivity contribution in [3.63, 3.8) is 0 Å². The van der Waals surface area contributed by atoms with Gasteiger partial charge in [-0.05, 0) is 31.9 Å². The molecule has 3 rings (SSSR count). The van der Waals surface area contributed by atoms with Gasteiger partial charge in [-0.25, -0.2) is 10.4 Å². The van der Waals surface area contributed by atoms with E-state index >= 15 is 0 Å². The average Bonchev–Trinajstić information content (AvgIpc) is 2.83. The number of carbonyl (C=O) groups is 2. The molecule has 1 fully saturated rings. The number of aromatic nitrogens is 2. The fourth-order valence-corrected chi connectivity index (χ4v) is 2.51. The Hall–Kier alpha value is -2.50. The lowest BCUT2D eigenvalue weighted by Crippen LogP contribution is -2.23. The van der Waals surface area contributed by atoms with Gasteiger partial charge in [0.25, 0.3) is 5.91 Å². The highest BCUT2D eigenvalue weighted by Gasteiger charge is 2.17. The van der Waals surface area contributed by atoms with E-state index in [-0.39, 0.29) is 11.7 Å². The maximum atomic E-state index is 12.2. The summed E-state index contributed by atoms with van der Waals surface area (Å²) in [5, 5.41) is 4.07. The van der Waals surface area contributed by atoms with Gasteiger partial charge < -0.3 is 4.40 Å². The van der Waals surface area contributed by atoms with Crippen LogP contribution in [0.5, 0.6) is 0 Å². The number of ketones is 1. The Bertz CT molecular complexity index is 745. The number of nitrogens with zero attached hydrogens (tertiary/aromatic N) is 3. The second-order valence-corrected chi connectivity index (χ2v) is 5.16. The number of aryl methyl sites for hydroxylation is 1. The second kappa shape index (κ2) is 5.47. The number of hydrogen-bond acceptors (Lipinski definition) is 4. The van der Waals surface area contributed by atoms with Crippen LogP contribution in [0.2, 0.25) is 0 Å². The van der Waals surface area contributed by atoms with Crippen molar-refractivity contribution in [2.24, 2.45) is 5.10 Å². The van der Waals surface area contributed by atoms with Crippen LogP contribution in [0.3, 0.4) is 0 Å². The molecule has 108 valence electrons. The minimum atomic E-state index is -0.346. The number of carbonyl (C=O) groups excluding carboxylic acids is 2. The predicted molar refractivity (Wildman–Crippen MR) is 78.3 cm³/mol. The molecule has 2 aromatic heterocycles. The van der Waals surface area contributed by atoms with Crippen molar-refractivity contribution in [3.05, 3.63) is 35.8 Å². The summed E-state index contributed by atoms with van der Waals surface area (Å²) in [6, 6.07) is 5.60. The van der Waals surface area contributed by atoms with Crippen molar-refractivity contribution in [1.29, 1.82) is 0 Å². The number of pyridine rings is 1. The van der Waals surface area contributed by atoms with Crippen LogP contribution in [0, 0.1) is 6.92 Å². The Labute approximate surface area is 121 Å². The third-order valence-electron chi connectivity index (χ3n) is 3.62. The van der Waals surface area contributed by atoms with Crippen LogP contribution in [-0.4, -0.2) is 26.8 Å². The summed E-state index contributed by atoms with van der Waals surface area (Å²) in [4.78, 5) is 27.8. The number of Topliss-reactive ketones (excluding diaryl/α,β-unsaturated/α-hetero) is 1. The first-order valence-electron chi connectivity index (χ1n) is 6.96. The molecule has 1 saturated carbocycles. The first kappa shape index (κ1) is 13.5. The van der Waals surface area contributed by atoms with E-state index in [2.05, 4.69) is 15.5 Å². The Morgan fingerprint density at radius 3 is 3.00 bits per heavy atom. The summed E-state index contributed by atoms with van der Waals surface area (Å²) in [6.07, 6.45) is 4.38. The number of rotatable bonds is 2. The molecule has 6 heteroatoms. The number of imidazole rings is 1. The van der Waals surface area contributed by atoms with Gasteiger partial charge in [0.1, 0.15) is 11.4 Å². The number of hydrogen-bond donors (Lipinski definition) is 1. The van der Waals surface area contributed by atoms with Crippen molar-refractivity contribution < 1.29 is 9.59 Å². The quantitative estimate of drug-likeness (QED) is 0.855. The predicted octanol–water partition coefficient (Wildman–Crippen LogP) is 1.87. The van der Waals surface area contributed by atoms with Gasteiger partial charge in [0, 0.05) is 24.8 Å². The number of amides is 1. The van der Waals surface area contributed by atoms with E-state index in [9.17, 15) is 9.59 Å². The topological polar surface area (TPSA) is 75.8 Å². The molecule has 1 aliphatic rings. The molecule has 0 spiro atoms. The maximum absolute atomic E-state index is 12.2. The van der Waals surface area contributed by atoms with Gasteiger partial charge in [-0.2, -0.15) is 5.10 Å². The van der Waals surface area contributed by atoms with Gasteiger partial charge in [-0.1, -0.05) is 6.07 Å². The summed E-state index contributed by atoms with van der Waals surface area (Å²) >= 11 is 0. The van der Waals surface area contributed by atoms with E-state index < -0.39 is 0 Å². The lowest BCUT2D eigenvalue weighted by atomic mass is 9.97.